The number of carbonyl (C=O) groups excluding carboxylic acids is 1. The Hall–Kier alpha value is -4.13. The number of carbonyl (C=O) groups is 1. The highest BCUT2D eigenvalue weighted by Gasteiger charge is 2.15. The highest BCUT2D eigenvalue weighted by Crippen LogP contribution is 2.23. The van der Waals surface area contributed by atoms with Gasteiger partial charge in [0, 0.05) is 17.0 Å². The number of fused-ring (bicyclic) bond motifs is 2. The molecule has 3 heterocycles. The zero-order valence-corrected chi connectivity index (χ0v) is 18.3. The van der Waals surface area contributed by atoms with Crippen molar-refractivity contribution in [3.8, 4) is 5.82 Å². The molecule has 0 aliphatic carbocycles. The van der Waals surface area contributed by atoms with Crippen molar-refractivity contribution in [2.75, 3.05) is 5.32 Å². The maximum atomic E-state index is 13.1. The summed E-state index contributed by atoms with van der Waals surface area (Å²) in [5, 5.41) is 8.63. The number of pyridine rings is 1. The molecule has 5 rings (SSSR count). The highest BCUT2D eigenvalue weighted by atomic mass is 16.1. The number of amides is 1. The summed E-state index contributed by atoms with van der Waals surface area (Å²) in [6, 6.07) is 17.1. The number of nitrogens with zero attached hydrogens (tertiary/aromatic N) is 5. The van der Waals surface area contributed by atoms with Gasteiger partial charge in [-0.25, -0.2) is 15.0 Å². The summed E-state index contributed by atoms with van der Waals surface area (Å²) in [5.41, 5.74) is 6.44. The van der Waals surface area contributed by atoms with Gasteiger partial charge in [-0.2, -0.15) is 9.78 Å². The lowest BCUT2D eigenvalue weighted by molar-refractivity contribution is 0.102. The normalized spacial score (nSPS) is 11.2. The summed E-state index contributed by atoms with van der Waals surface area (Å²) in [6.07, 6.45) is 0. The summed E-state index contributed by atoms with van der Waals surface area (Å²) in [4.78, 5) is 26.9. The number of para-hydroxylation sites is 1. The molecule has 0 saturated heterocycles. The standard InChI is InChI=1S/C25H22N6O/c1-14-11-23(28-20-8-6-5-7-19(14)20)31-24(12-15(2)30-31)29-25(32)18-9-10-21-22(13-18)27-17(4)16(3)26-21/h5-13H,1-4H3,(H,29,32). The Morgan fingerprint density at radius 2 is 1.56 bits per heavy atom. The van der Waals surface area contributed by atoms with Gasteiger partial charge in [-0.3, -0.25) is 4.79 Å². The number of rotatable bonds is 3. The molecule has 32 heavy (non-hydrogen) atoms. The first-order valence-corrected chi connectivity index (χ1v) is 10.4. The smallest absolute Gasteiger partial charge is 0.256 e. The van der Waals surface area contributed by atoms with Crippen molar-refractivity contribution in [3.63, 3.8) is 0 Å². The monoisotopic (exact) mass is 422 g/mol. The lowest BCUT2D eigenvalue weighted by atomic mass is 10.1. The summed E-state index contributed by atoms with van der Waals surface area (Å²) in [6.45, 7) is 7.77. The second-order valence-corrected chi connectivity index (χ2v) is 7.95. The molecule has 1 N–H and O–H groups in total. The van der Waals surface area contributed by atoms with Gasteiger partial charge in [0.25, 0.3) is 5.91 Å². The minimum atomic E-state index is -0.245. The lowest BCUT2D eigenvalue weighted by Crippen LogP contribution is -2.16. The second-order valence-electron chi connectivity index (χ2n) is 7.95. The predicted molar refractivity (Wildman–Crippen MR) is 125 cm³/mol. The van der Waals surface area contributed by atoms with Gasteiger partial charge in [0.15, 0.2) is 5.82 Å². The number of hydrogen-bond donors (Lipinski definition) is 1. The van der Waals surface area contributed by atoms with Crippen LogP contribution in [-0.4, -0.2) is 30.6 Å². The van der Waals surface area contributed by atoms with Crippen molar-refractivity contribution in [1.29, 1.82) is 0 Å². The van der Waals surface area contributed by atoms with E-state index in [4.69, 9.17) is 4.98 Å². The first-order valence-electron chi connectivity index (χ1n) is 10.4. The van der Waals surface area contributed by atoms with E-state index in [9.17, 15) is 4.79 Å². The number of aromatic nitrogens is 5. The van der Waals surface area contributed by atoms with Crippen LogP contribution in [0.3, 0.4) is 0 Å². The molecule has 0 atom stereocenters. The van der Waals surface area contributed by atoms with Crippen LogP contribution in [-0.2, 0) is 0 Å². The molecular weight excluding hydrogens is 400 g/mol. The molecule has 2 aromatic carbocycles. The number of anilines is 1. The van der Waals surface area contributed by atoms with Crippen LogP contribution < -0.4 is 5.32 Å². The fraction of sp³-hybridized carbons (Fsp3) is 0.160. The van der Waals surface area contributed by atoms with Crippen molar-refractivity contribution in [3.05, 3.63) is 82.8 Å². The zero-order chi connectivity index (χ0) is 22.4. The van der Waals surface area contributed by atoms with Crippen LogP contribution in [0.2, 0.25) is 0 Å². The summed E-state index contributed by atoms with van der Waals surface area (Å²) in [7, 11) is 0. The van der Waals surface area contributed by atoms with Crippen LogP contribution in [0.5, 0.6) is 0 Å². The minimum absolute atomic E-state index is 0.245. The molecule has 0 spiro atoms. The molecule has 0 fully saturated rings. The van der Waals surface area contributed by atoms with E-state index >= 15 is 0 Å². The molecule has 0 aliphatic rings. The minimum Gasteiger partial charge on any atom is -0.306 e. The Kier molecular flexibility index (Phi) is 4.66. The van der Waals surface area contributed by atoms with Crippen LogP contribution >= 0.6 is 0 Å². The fourth-order valence-corrected chi connectivity index (χ4v) is 3.76. The van der Waals surface area contributed by atoms with Crippen molar-refractivity contribution >= 4 is 33.7 Å². The molecule has 0 aliphatic heterocycles. The van der Waals surface area contributed by atoms with Crippen LogP contribution in [0.1, 0.15) is 33.0 Å². The van der Waals surface area contributed by atoms with E-state index in [2.05, 4.69) is 20.4 Å². The maximum absolute atomic E-state index is 13.1. The molecular formula is C25H22N6O. The maximum Gasteiger partial charge on any atom is 0.256 e. The van der Waals surface area contributed by atoms with E-state index in [1.807, 2.05) is 70.2 Å². The Morgan fingerprint density at radius 3 is 2.38 bits per heavy atom. The SMILES string of the molecule is Cc1cc(NC(=O)c2ccc3nc(C)c(C)nc3c2)n(-c2cc(C)c3ccccc3n2)n1. The summed E-state index contributed by atoms with van der Waals surface area (Å²) >= 11 is 0. The summed E-state index contributed by atoms with van der Waals surface area (Å²) < 4.78 is 1.67. The quantitative estimate of drug-likeness (QED) is 0.449. The number of hydrogen-bond acceptors (Lipinski definition) is 5. The summed E-state index contributed by atoms with van der Waals surface area (Å²) in [5.74, 6) is 0.964. The Labute approximate surface area is 185 Å². The Bertz CT molecular complexity index is 1520. The molecule has 0 unspecified atom stereocenters. The van der Waals surface area contributed by atoms with E-state index in [-0.39, 0.29) is 5.91 Å². The van der Waals surface area contributed by atoms with Crippen molar-refractivity contribution in [1.82, 2.24) is 24.7 Å². The highest BCUT2D eigenvalue weighted by molar-refractivity contribution is 6.05. The zero-order valence-electron chi connectivity index (χ0n) is 18.3. The third-order valence-electron chi connectivity index (χ3n) is 5.54. The van der Waals surface area contributed by atoms with Crippen molar-refractivity contribution in [2.24, 2.45) is 0 Å². The molecule has 1 amide bonds. The van der Waals surface area contributed by atoms with Gasteiger partial charge in [-0.15, -0.1) is 0 Å². The molecule has 3 aromatic heterocycles. The average Bonchev–Trinajstić information content (AvgIpc) is 3.14. The van der Waals surface area contributed by atoms with Gasteiger partial charge < -0.3 is 5.32 Å². The number of nitrogens with one attached hydrogen (secondary N) is 1. The van der Waals surface area contributed by atoms with E-state index in [1.165, 1.54) is 0 Å². The molecule has 0 bridgehead atoms. The molecule has 0 radical (unpaired) electrons. The van der Waals surface area contributed by atoms with Gasteiger partial charge in [0.05, 0.1) is 33.6 Å². The van der Waals surface area contributed by atoms with Crippen molar-refractivity contribution in [2.45, 2.75) is 27.7 Å². The third kappa shape index (κ3) is 3.47. The Balaban J connectivity index is 1.51. The van der Waals surface area contributed by atoms with Crippen LogP contribution in [0, 0.1) is 27.7 Å². The van der Waals surface area contributed by atoms with Gasteiger partial charge in [0.2, 0.25) is 0 Å². The fourth-order valence-electron chi connectivity index (χ4n) is 3.76. The molecule has 0 saturated carbocycles. The molecule has 158 valence electrons. The molecule has 5 aromatic rings. The van der Waals surface area contributed by atoms with Gasteiger partial charge in [0.1, 0.15) is 5.82 Å². The van der Waals surface area contributed by atoms with E-state index < -0.39 is 0 Å². The van der Waals surface area contributed by atoms with E-state index in [1.54, 1.807) is 16.8 Å². The van der Waals surface area contributed by atoms with E-state index in [0.29, 0.717) is 22.7 Å². The average molecular weight is 422 g/mol. The topological polar surface area (TPSA) is 85.6 Å². The van der Waals surface area contributed by atoms with Crippen LogP contribution in [0.4, 0.5) is 5.82 Å². The van der Waals surface area contributed by atoms with E-state index in [0.717, 1.165) is 39.1 Å². The first kappa shape index (κ1) is 19.8. The Morgan fingerprint density at radius 1 is 0.812 bits per heavy atom. The van der Waals surface area contributed by atoms with Crippen molar-refractivity contribution < 1.29 is 4.79 Å². The largest absolute Gasteiger partial charge is 0.306 e. The van der Waals surface area contributed by atoms with Gasteiger partial charge in [-0.1, -0.05) is 18.2 Å². The number of aryl methyl sites for hydroxylation is 4. The van der Waals surface area contributed by atoms with Gasteiger partial charge >= 0.3 is 0 Å². The van der Waals surface area contributed by atoms with Crippen LogP contribution in [0.25, 0.3) is 27.8 Å². The van der Waals surface area contributed by atoms with Crippen LogP contribution in [0.15, 0.2) is 54.6 Å². The van der Waals surface area contributed by atoms with Gasteiger partial charge in [-0.05, 0) is 63.6 Å². The molecule has 7 heteroatoms. The first-order chi connectivity index (χ1) is 15.4. The third-order valence-corrected chi connectivity index (χ3v) is 5.54. The predicted octanol–water partition coefficient (Wildman–Crippen LogP) is 4.85. The molecule has 7 nitrogen and oxygen atoms in total. The lowest BCUT2D eigenvalue weighted by Gasteiger charge is -2.11. The number of benzene rings is 2. The second kappa shape index (κ2) is 7.53.